The van der Waals surface area contributed by atoms with Gasteiger partial charge in [0, 0.05) is 0 Å². The van der Waals surface area contributed by atoms with E-state index < -0.39 is 51.1 Å². The molecule has 1 aromatic carbocycles. The Balaban J connectivity index is 2.29. The summed E-state index contributed by atoms with van der Waals surface area (Å²) in [6.07, 6.45) is -2.49. The van der Waals surface area contributed by atoms with Gasteiger partial charge in [-0.15, -0.1) is 0 Å². The van der Waals surface area contributed by atoms with Crippen molar-refractivity contribution < 1.29 is 30.8 Å². The van der Waals surface area contributed by atoms with Gasteiger partial charge in [0.05, 0.1) is 17.6 Å². The van der Waals surface area contributed by atoms with Gasteiger partial charge < -0.3 is 5.32 Å². The molecule has 1 aliphatic rings. The van der Waals surface area contributed by atoms with E-state index in [0.29, 0.717) is 25.7 Å². The summed E-state index contributed by atoms with van der Waals surface area (Å²) in [6.45, 7) is 1.87. The van der Waals surface area contributed by atoms with Crippen LogP contribution in [0.25, 0.3) is 0 Å². The lowest BCUT2D eigenvalue weighted by molar-refractivity contribution is -0.160. The monoisotopic (exact) mass is 463 g/mol. The van der Waals surface area contributed by atoms with Crippen molar-refractivity contribution in [3.05, 3.63) is 35.6 Å². The predicted molar refractivity (Wildman–Crippen MR) is 106 cm³/mol. The zero-order chi connectivity index (χ0) is 23.3. The lowest BCUT2D eigenvalue weighted by atomic mass is 10.0. The molecule has 0 aromatic heterocycles. The summed E-state index contributed by atoms with van der Waals surface area (Å²) in [5.41, 5.74) is -1.54. The van der Waals surface area contributed by atoms with E-state index in [-0.39, 0.29) is 11.3 Å². The van der Waals surface area contributed by atoms with Crippen LogP contribution in [0.3, 0.4) is 0 Å². The normalized spacial score (nSPS) is 17.4. The van der Waals surface area contributed by atoms with Crippen molar-refractivity contribution in [3.8, 4) is 6.07 Å². The van der Waals surface area contributed by atoms with Crippen LogP contribution >= 0.6 is 0 Å². The summed E-state index contributed by atoms with van der Waals surface area (Å²) in [6, 6.07) is 1.29. The quantitative estimate of drug-likeness (QED) is 0.388. The van der Waals surface area contributed by atoms with Crippen molar-refractivity contribution in [2.24, 2.45) is 0 Å². The molecule has 0 aliphatic heterocycles. The third-order valence-corrected chi connectivity index (χ3v) is 6.77. The van der Waals surface area contributed by atoms with Gasteiger partial charge in [0.15, 0.2) is 9.84 Å². The van der Waals surface area contributed by atoms with Gasteiger partial charge in [-0.3, -0.25) is 10.1 Å². The van der Waals surface area contributed by atoms with Gasteiger partial charge in [0.25, 0.3) is 0 Å². The van der Waals surface area contributed by atoms with Crippen molar-refractivity contribution in [2.75, 3.05) is 11.5 Å². The lowest BCUT2D eigenvalue weighted by Gasteiger charge is -2.28. The molecule has 1 saturated carbocycles. The Morgan fingerprint density at radius 1 is 1.23 bits per heavy atom. The Morgan fingerprint density at radius 3 is 2.32 bits per heavy atom. The fourth-order valence-electron chi connectivity index (χ4n) is 3.06. The highest BCUT2D eigenvalue weighted by atomic mass is 32.2. The molecule has 2 N–H and O–H groups in total. The number of nitriles is 1. The van der Waals surface area contributed by atoms with Crippen molar-refractivity contribution >= 4 is 15.7 Å². The van der Waals surface area contributed by atoms with Crippen LogP contribution in [0.4, 0.5) is 17.6 Å². The highest BCUT2D eigenvalue weighted by Gasteiger charge is 2.48. The molecule has 11 heteroatoms. The van der Waals surface area contributed by atoms with Crippen molar-refractivity contribution in [1.29, 1.82) is 5.26 Å². The number of nitrogens with zero attached hydrogens (tertiary/aromatic N) is 1. The molecule has 1 unspecified atom stereocenters. The number of carbonyl (C=O) groups is 1. The van der Waals surface area contributed by atoms with Crippen LogP contribution in [0, 0.1) is 17.1 Å². The van der Waals surface area contributed by atoms with Gasteiger partial charge in [-0.1, -0.05) is 31.9 Å². The van der Waals surface area contributed by atoms with Crippen LogP contribution in [-0.4, -0.2) is 43.6 Å². The van der Waals surface area contributed by atoms with E-state index in [9.17, 15) is 30.8 Å². The smallest absolute Gasteiger partial charge is 0.336 e. The van der Waals surface area contributed by atoms with E-state index in [2.05, 4.69) is 10.6 Å². The summed E-state index contributed by atoms with van der Waals surface area (Å²) in [4.78, 5) is 12.7. The van der Waals surface area contributed by atoms with Gasteiger partial charge in [-0.2, -0.15) is 18.4 Å². The summed E-state index contributed by atoms with van der Waals surface area (Å²) in [5.74, 6) is -2.84. The first-order valence-electron chi connectivity index (χ1n) is 9.93. The molecule has 1 fully saturated rings. The number of rotatable bonds is 11. The molecule has 0 saturated heterocycles. The fourth-order valence-corrected chi connectivity index (χ4v) is 4.62. The zero-order valence-electron chi connectivity index (χ0n) is 17.0. The predicted octanol–water partition coefficient (Wildman–Crippen LogP) is 3.16. The molecule has 6 nitrogen and oxygen atoms in total. The molecule has 2 atom stereocenters. The van der Waals surface area contributed by atoms with Crippen LogP contribution in [-0.2, 0) is 14.6 Å². The average molecular weight is 463 g/mol. The van der Waals surface area contributed by atoms with Gasteiger partial charge in [0.1, 0.15) is 23.4 Å². The summed E-state index contributed by atoms with van der Waals surface area (Å²) < 4.78 is 79.3. The van der Waals surface area contributed by atoms with E-state index in [0.717, 1.165) is 30.7 Å². The molecule has 31 heavy (non-hydrogen) atoms. The van der Waals surface area contributed by atoms with E-state index >= 15 is 0 Å². The highest BCUT2D eigenvalue weighted by Crippen LogP contribution is 2.35. The average Bonchev–Trinajstić information content (AvgIpc) is 3.45. The zero-order valence-corrected chi connectivity index (χ0v) is 17.8. The van der Waals surface area contributed by atoms with Crippen LogP contribution < -0.4 is 10.6 Å². The first-order valence-corrected chi connectivity index (χ1v) is 11.8. The number of nitrogens with one attached hydrogen (secondary N) is 2. The van der Waals surface area contributed by atoms with E-state index in [1.54, 1.807) is 0 Å². The molecule has 172 valence electrons. The Hall–Kier alpha value is -2.19. The third kappa shape index (κ3) is 7.47. The number of halogens is 4. The molecule has 0 heterocycles. The van der Waals surface area contributed by atoms with Crippen LogP contribution in [0.5, 0.6) is 0 Å². The molecule has 1 amide bonds. The SMILES string of the molecule is CCCCCS(=O)(=O)CC(N[C@H](c1ccc(F)cc1)C(F)(F)F)C(=O)NC1(C#N)CC1. The molecule has 1 aromatic rings. The van der Waals surface area contributed by atoms with E-state index in [4.69, 9.17) is 5.26 Å². The van der Waals surface area contributed by atoms with Crippen molar-refractivity contribution in [2.45, 2.75) is 62.8 Å². The van der Waals surface area contributed by atoms with E-state index in [1.807, 2.05) is 13.0 Å². The maximum Gasteiger partial charge on any atom is 0.407 e. The number of sulfone groups is 1. The minimum Gasteiger partial charge on any atom is -0.336 e. The summed E-state index contributed by atoms with van der Waals surface area (Å²) in [5, 5.41) is 13.6. The fraction of sp³-hybridized carbons (Fsp3) is 0.600. The number of hydrogen-bond donors (Lipinski definition) is 2. The Bertz CT molecular complexity index is 907. The molecule has 0 spiro atoms. The summed E-state index contributed by atoms with van der Waals surface area (Å²) >= 11 is 0. The molecule has 0 bridgehead atoms. The van der Waals surface area contributed by atoms with Gasteiger partial charge in [-0.05, 0) is 37.0 Å². The van der Waals surface area contributed by atoms with Gasteiger partial charge in [0.2, 0.25) is 5.91 Å². The van der Waals surface area contributed by atoms with Crippen LogP contribution in [0.1, 0.15) is 50.6 Å². The minimum atomic E-state index is -4.88. The first kappa shape index (κ1) is 25.1. The first-order chi connectivity index (χ1) is 14.4. The second kappa shape index (κ2) is 9.96. The highest BCUT2D eigenvalue weighted by molar-refractivity contribution is 7.91. The largest absolute Gasteiger partial charge is 0.407 e. The molecule has 1 aliphatic carbocycles. The lowest BCUT2D eigenvalue weighted by Crippen LogP contribution is -2.54. The second-order valence-electron chi connectivity index (χ2n) is 7.75. The maximum atomic E-state index is 13.7. The van der Waals surface area contributed by atoms with Crippen molar-refractivity contribution in [1.82, 2.24) is 10.6 Å². The number of amides is 1. The second-order valence-corrected chi connectivity index (χ2v) is 9.98. The third-order valence-electron chi connectivity index (χ3n) is 5.02. The summed E-state index contributed by atoms with van der Waals surface area (Å²) in [7, 11) is -3.85. The van der Waals surface area contributed by atoms with Crippen LogP contribution in [0.2, 0.25) is 0 Å². The maximum absolute atomic E-state index is 13.7. The van der Waals surface area contributed by atoms with E-state index in [1.165, 1.54) is 0 Å². The number of unbranched alkanes of at least 4 members (excludes halogenated alkanes) is 2. The standard InChI is InChI=1S/C20H25F4N3O3S/c1-2-3-4-11-31(29,30)12-16(18(28)27-19(13-25)9-10-19)26-17(20(22,23)24)14-5-7-15(21)8-6-14/h5-8,16-17,26H,2-4,9-12H2,1H3,(H,27,28)/t16?,17-/m1/s1. The molecule has 0 radical (unpaired) electrons. The van der Waals surface area contributed by atoms with Crippen molar-refractivity contribution in [3.63, 3.8) is 0 Å². The molecular weight excluding hydrogens is 438 g/mol. The Labute approximate surface area is 178 Å². The topological polar surface area (TPSA) is 99.1 Å². The molecule has 2 rings (SSSR count). The van der Waals surface area contributed by atoms with Gasteiger partial charge in [-0.25, -0.2) is 12.8 Å². The number of hydrogen-bond acceptors (Lipinski definition) is 5. The Kier molecular flexibility index (Phi) is 8.05. The Morgan fingerprint density at radius 2 is 1.84 bits per heavy atom. The number of carbonyl (C=O) groups excluding carboxylic acids is 1. The minimum absolute atomic E-state index is 0.261. The number of alkyl halides is 3. The van der Waals surface area contributed by atoms with Gasteiger partial charge >= 0.3 is 6.18 Å². The number of benzene rings is 1. The van der Waals surface area contributed by atoms with Crippen LogP contribution in [0.15, 0.2) is 24.3 Å². The molecular formula is C20H25F4N3O3S.